The molecule has 0 unspecified atom stereocenters. The maximum atomic E-state index is 12.8. The van der Waals surface area contributed by atoms with Crippen LogP contribution in [0.1, 0.15) is 18.4 Å². The molecule has 3 rings (SSSR count). The normalized spacial score (nSPS) is 15.1. The Morgan fingerprint density at radius 3 is 2.48 bits per heavy atom. The summed E-state index contributed by atoms with van der Waals surface area (Å²) in [6, 6.07) is 7.36. The van der Waals surface area contributed by atoms with Crippen molar-refractivity contribution in [2.75, 3.05) is 4.31 Å². The summed E-state index contributed by atoms with van der Waals surface area (Å²) in [6.45, 7) is 0.441. The summed E-state index contributed by atoms with van der Waals surface area (Å²) >= 11 is 0. The lowest BCUT2D eigenvalue weighted by atomic mass is 10.2. The number of anilines is 1. The van der Waals surface area contributed by atoms with Crippen molar-refractivity contribution in [3.8, 4) is 0 Å². The lowest BCUT2D eigenvalue weighted by Gasteiger charge is -2.23. The molecule has 1 aromatic heterocycles. The van der Waals surface area contributed by atoms with E-state index in [1.165, 1.54) is 16.8 Å². The number of sulfonamides is 1. The van der Waals surface area contributed by atoms with E-state index in [2.05, 4.69) is 4.98 Å². The Bertz CT molecular complexity index is 733. The molecule has 1 saturated carbocycles. The fraction of sp³-hybridized carbons (Fsp3) is 0.357. The molecule has 2 N–H and O–H groups in total. The van der Waals surface area contributed by atoms with Crippen molar-refractivity contribution in [2.45, 2.75) is 30.5 Å². The standard InChI is InChI=1S/C14H18N4O2S/c1-17-9-14(16-10-17)21(19,20)18(13-6-7-13)12-4-2-11(8-15)3-5-12/h2-5,9-10,13H,6-8,15H2,1H3. The number of imidazole rings is 1. The Kier molecular flexibility index (Phi) is 3.46. The number of rotatable bonds is 5. The molecule has 1 aliphatic carbocycles. The first kappa shape index (κ1) is 14.1. The molecule has 0 atom stereocenters. The monoisotopic (exact) mass is 306 g/mol. The van der Waals surface area contributed by atoms with Crippen LogP contribution >= 0.6 is 0 Å². The van der Waals surface area contributed by atoms with Gasteiger partial charge in [-0.1, -0.05) is 12.1 Å². The molecule has 0 amide bonds. The van der Waals surface area contributed by atoms with Gasteiger partial charge >= 0.3 is 0 Å². The number of benzene rings is 1. The van der Waals surface area contributed by atoms with E-state index in [1.807, 2.05) is 12.1 Å². The molecule has 0 radical (unpaired) electrons. The van der Waals surface area contributed by atoms with Crippen molar-refractivity contribution in [3.63, 3.8) is 0 Å². The van der Waals surface area contributed by atoms with Crippen LogP contribution in [0.25, 0.3) is 0 Å². The number of aryl methyl sites for hydroxylation is 1. The summed E-state index contributed by atoms with van der Waals surface area (Å²) in [4.78, 5) is 3.99. The van der Waals surface area contributed by atoms with Gasteiger partial charge < -0.3 is 10.3 Å². The zero-order valence-corrected chi connectivity index (χ0v) is 12.6. The van der Waals surface area contributed by atoms with Crippen LogP contribution in [0, 0.1) is 0 Å². The highest BCUT2D eigenvalue weighted by molar-refractivity contribution is 7.92. The third-order valence-electron chi connectivity index (χ3n) is 3.51. The van der Waals surface area contributed by atoms with Crippen LogP contribution in [0.2, 0.25) is 0 Å². The maximum Gasteiger partial charge on any atom is 0.283 e. The third kappa shape index (κ3) is 2.66. The first-order valence-electron chi connectivity index (χ1n) is 6.84. The fourth-order valence-electron chi connectivity index (χ4n) is 2.26. The molecule has 0 saturated heterocycles. The van der Waals surface area contributed by atoms with Crippen molar-refractivity contribution < 1.29 is 8.42 Å². The van der Waals surface area contributed by atoms with Gasteiger partial charge in [-0.2, -0.15) is 8.42 Å². The summed E-state index contributed by atoms with van der Waals surface area (Å²) in [7, 11) is -1.87. The van der Waals surface area contributed by atoms with Gasteiger partial charge in [0.05, 0.1) is 12.0 Å². The molecule has 21 heavy (non-hydrogen) atoms. The highest BCUT2D eigenvalue weighted by Crippen LogP contribution is 2.36. The molecule has 112 valence electrons. The minimum absolute atomic E-state index is 0.0285. The average molecular weight is 306 g/mol. The molecule has 2 aromatic rings. The maximum absolute atomic E-state index is 12.8. The van der Waals surface area contributed by atoms with E-state index in [4.69, 9.17) is 5.73 Å². The number of nitrogens with two attached hydrogens (primary N) is 1. The number of aromatic nitrogens is 2. The van der Waals surface area contributed by atoms with Gasteiger partial charge in [0, 0.05) is 25.8 Å². The molecule has 1 fully saturated rings. The third-order valence-corrected chi connectivity index (χ3v) is 5.28. The quantitative estimate of drug-likeness (QED) is 0.901. The lowest BCUT2D eigenvalue weighted by molar-refractivity contribution is 0.587. The van der Waals surface area contributed by atoms with Crippen LogP contribution in [-0.4, -0.2) is 24.0 Å². The van der Waals surface area contributed by atoms with Crippen molar-refractivity contribution in [3.05, 3.63) is 42.4 Å². The van der Waals surface area contributed by atoms with Crippen molar-refractivity contribution in [2.24, 2.45) is 12.8 Å². The summed E-state index contributed by atoms with van der Waals surface area (Å²) in [5.41, 5.74) is 7.23. The predicted octanol–water partition coefficient (Wildman–Crippen LogP) is 1.24. The van der Waals surface area contributed by atoms with Gasteiger partial charge in [-0.05, 0) is 30.5 Å². The van der Waals surface area contributed by atoms with Crippen molar-refractivity contribution in [1.82, 2.24) is 9.55 Å². The smallest absolute Gasteiger partial charge is 0.283 e. The Morgan fingerprint density at radius 2 is 2.00 bits per heavy atom. The van der Waals surface area contributed by atoms with Crippen LogP contribution in [0.3, 0.4) is 0 Å². The van der Waals surface area contributed by atoms with E-state index in [-0.39, 0.29) is 11.1 Å². The largest absolute Gasteiger partial charge is 0.339 e. The number of hydrogen-bond acceptors (Lipinski definition) is 4. The van der Waals surface area contributed by atoms with Crippen molar-refractivity contribution >= 4 is 15.7 Å². The zero-order chi connectivity index (χ0) is 15.0. The van der Waals surface area contributed by atoms with Crippen LogP contribution in [0.4, 0.5) is 5.69 Å². The molecule has 7 heteroatoms. The van der Waals surface area contributed by atoms with Crippen LogP contribution in [0.15, 0.2) is 41.8 Å². The molecular weight excluding hydrogens is 288 g/mol. The summed E-state index contributed by atoms with van der Waals surface area (Å²) in [5.74, 6) is 0. The van der Waals surface area contributed by atoms with Gasteiger partial charge in [0.2, 0.25) is 0 Å². The SMILES string of the molecule is Cn1cnc(S(=O)(=O)N(c2ccc(CN)cc2)C2CC2)c1. The van der Waals surface area contributed by atoms with Gasteiger partial charge in [0.25, 0.3) is 10.0 Å². The molecular formula is C14H18N4O2S. The second kappa shape index (κ2) is 5.16. The fourth-order valence-corrected chi connectivity index (χ4v) is 3.94. The van der Waals surface area contributed by atoms with E-state index >= 15 is 0 Å². The van der Waals surface area contributed by atoms with E-state index in [9.17, 15) is 8.42 Å². The average Bonchev–Trinajstić information content (AvgIpc) is 3.19. The molecule has 6 nitrogen and oxygen atoms in total. The molecule has 1 aromatic carbocycles. The summed E-state index contributed by atoms with van der Waals surface area (Å²) in [5, 5.41) is 0.0831. The van der Waals surface area contributed by atoms with E-state index in [1.54, 1.807) is 23.7 Å². The number of hydrogen-bond donors (Lipinski definition) is 1. The zero-order valence-electron chi connectivity index (χ0n) is 11.8. The van der Waals surface area contributed by atoms with Gasteiger partial charge in [-0.3, -0.25) is 4.31 Å². The predicted molar refractivity (Wildman–Crippen MR) is 80.2 cm³/mol. The lowest BCUT2D eigenvalue weighted by Crippen LogP contribution is -2.33. The Labute approximate surface area is 124 Å². The van der Waals surface area contributed by atoms with E-state index in [0.717, 1.165) is 18.4 Å². The Hall–Kier alpha value is -1.86. The highest BCUT2D eigenvalue weighted by atomic mass is 32.2. The van der Waals surface area contributed by atoms with Gasteiger partial charge in [0.1, 0.15) is 0 Å². The second-order valence-electron chi connectivity index (χ2n) is 5.28. The first-order chi connectivity index (χ1) is 10.0. The number of nitrogens with zero attached hydrogens (tertiary/aromatic N) is 3. The second-order valence-corrected chi connectivity index (χ2v) is 7.04. The highest BCUT2D eigenvalue weighted by Gasteiger charge is 2.39. The van der Waals surface area contributed by atoms with Gasteiger partial charge in [-0.25, -0.2) is 4.98 Å². The molecule has 1 aliphatic rings. The summed E-state index contributed by atoms with van der Waals surface area (Å²) in [6.07, 6.45) is 4.78. The Balaban J connectivity index is 2.01. The van der Waals surface area contributed by atoms with Gasteiger partial charge in [-0.15, -0.1) is 0 Å². The van der Waals surface area contributed by atoms with E-state index < -0.39 is 10.0 Å². The first-order valence-corrected chi connectivity index (χ1v) is 8.28. The van der Waals surface area contributed by atoms with Crippen LogP contribution < -0.4 is 10.0 Å². The van der Waals surface area contributed by atoms with Crippen molar-refractivity contribution in [1.29, 1.82) is 0 Å². The van der Waals surface area contributed by atoms with E-state index in [0.29, 0.717) is 12.2 Å². The molecule has 0 bridgehead atoms. The van der Waals surface area contributed by atoms with Gasteiger partial charge in [0.15, 0.2) is 5.03 Å². The topological polar surface area (TPSA) is 81.2 Å². The molecule has 0 spiro atoms. The molecule has 0 aliphatic heterocycles. The van der Waals surface area contributed by atoms with Crippen LogP contribution in [-0.2, 0) is 23.6 Å². The minimum Gasteiger partial charge on any atom is -0.339 e. The minimum atomic E-state index is -3.62. The summed E-state index contributed by atoms with van der Waals surface area (Å²) < 4.78 is 28.7. The molecule has 1 heterocycles. The van der Waals surface area contributed by atoms with Crippen LogP contribution in [0.5, 0.6) is 0 Å². The Morgan fingerprint density at radius 1 is 1.33 bits per heavy atom.